The van der Waals surface area contributed by atoms with Crippen LogP contribution in [0.2, 0.25) is 0 Å². The van der Waals surface area contributed by atoms with Gasteiger partial charge < -0.3 is 4.79 Å². The second kappa shape index (κ2) is 15.8. The molecule has 0 aliphatic heterocycles. The molecule has 0 saturated heterocycles. The maximum atomic E-state index is 9.44. The molecule has 0 aliphatic carbocycles. The molecule has 0 aliphatic rings. The first-order chi connectivity index (χ1) is 3.15. The number of rotatable bonds is 0. The molecule has 0 radical (unpaired) electrons. The fourth-order valence-corrected chi connectivity index (χ4v) is 0. The Morgan fingerprint density at radius 2 is 1.50 bits per heavy atom. The molecule has 0 aromatic rings. The van der Waals surface area contributed by atoms with Crippen molar-refractivity contribution >= 4 is 5.78 Å². The molecule has 2 nitrogen and oxygen atoms in total. The normalized spacial score (nSPS) is 4.25. The predicted octanol–water partition coefficient (Wildman–Crippen LogP) is 1.12. The summed E-state index contributed by atoms with van der Waals surface area (Å²) < 4.78 is 0. The van der Waals surface area contributed by atoms with Crippen LogP contribution in [0.25, 0.3) is 0 Å². The summed E-state index contributed by atoms with van der Waals surface area (Å²) in [5, 5.41) is 7.32. The number of Topliss-reactive ketones (excluding diaryl/α,β-unsaturated/α-hetero) is 1. The van der Waals surface area contributed by atoms with Crippen LogP contribution in [0.1, 0.15) is 20.8 Å². The standard InChI is InChI=1S/C3H6O.C2H3N.Ti/c1-3(2)4;1-2-3;/h1-2H3;1H3;. The number of carbonyl (C=O) groups excluding carboxylic acids is 1. The fourth-order valence-electron chi connectivity index (χ4n) is 0. The van der Waals surface area contributed by atoms with E-state index in [1.807, 2.05) is 0 Å². The number of nitrogens with zero attached hydrogens (tertiary/aromatic N) is 1. The third-order valence-electron chi connectivity index (χ3n) is 0. The summed E-state index contributed by atoms with van der Waals surface area (Å²) in [5.41, 5.74) is 0. The van der Waals surface area contributed by atoms with Gasteiger partial charge in [-0.3, -0.25) is 0 Å². The molecule has 0 atom stereocenters. The fraction of sp³-hybridized carbons (Fsp3) is 0.600. The van der Waals surface area contributed by atoms with Crippen LogP contribution in [-0.4, -0.2) is 5.78 Å². The number of ketones is 1. The zero-order valence-electron chi connectivity index (χ0n) is 5.36. The third-order valence-corrected chi connectivity index (χ3v) is 0. The van der Waals surface area contributed by atoms with Crippen LogP contribution < -0.4 is 0 Å². The molecule has 44 valence electrons. The van der Waals surface area contributed by atoms with E-state index in [0.29, 0.717) is 0 Å². The van der Waals surface area contributed by atoms with Crippen molar-refractivity contribution in [3.8, 4) is 6.07 Å². The average Bonchev–Trinajstić information content (AvgIpc) is 1.33. The monoisotopic (exact) mass is 147 g/mol. The molecule has 0 bridgehead atoms. The first kappa shape index (κ1) is 15.7. The summed E-state index contributed by atoms with van der Waals surface area (Å²) >= 11 is 0. The van der Waals surface area contributed by atoms with Gasteiger partial charge in [-0.1, -0.05) is 0 Å². The van der Waals surface area contributed by atoms with Crippen molar-refractivity contribution in [2.24, 2.45) is 0 Å². The number of nitriles is 1. The molecule has 0 spiro atoms. The molecular weight excluding hydrogens is 138 g/mol. The van der Waals surface area contributed by atoms with Crippen LogP contribution in [0.3, 0.4) is 0 Å². The molecule has 0 rings (SSSR count). The summed E-state index contributed by atoms with van der Waals surface area (Å²) in [6, 6.07) is 1.75. The molecule has 0 saturated carbocycles. The minimum Gasteiger partial charge on any atom is -0.300 e. The van der Waals surface area contributed by atoms with Gasteiger partial charge in [0.1, 0.15) is 5.78 Å². The predicted molar refractivity (Wildman–Crippen MR) is 27.6 cm³/mol. The van der Waals surface area contributed by atoms with Crippen LogP contribution in [0.4, 0.5) is 0 Å². The molecule has 0 heterocycles. The Balaban J connectivity index is -0.0000000575. The summed E-state index contributed by atoms with van der Waals surface area (Å²) in [6.45, 7) is 4.49. The van der Waals surface area contributed by atoms with Gasteiger partial charge in [0.25, 0.3) is 0 Å². The van der Waals surface area contributed by atoms with Crippen molar-refractivity contribution in [1.82, 2.24) is 0 Å². The van der Waals surface area contributed by atoms with Crippen molar-refractivity contribution in [3.05, 3.63) is 0 Å². The van der Waals surface area contributed by atoms with Gasteiger partial charge in [-0.2, -0.15) is 5.26 Å². The molecule has 3 heteroatoms. The van der Waals surface area contributed by atoms with E-state index in [9.17, 15) is 4.79 Å². The molecule has 0 aromatic carbocycles. The Hall–Kier alpha value is -0.126. The quantitative estimate of drug-likeness (QED) is 0.481. The summed E-state index contributed by atoms with van der Waals surface area (Å²) in [6.07, 6.45) is 0. The van der Waals surface area contributed by atoms with E-state index >= 15 is 0 Å². The Labute approximate surface area is 64.8 Å². The largest absolute Gasteiger partial charge is 0.300 e. The van der Waals surface area contributed by atoms with Gasteiger partial charge in [-0.25, -0.2) is 0 Å². The smallest absolute Gasteiger partial charge is 0.126 e. The molecule has 0 fully saturated rings. The summed E-state index contributed by atoms with van der Waals surface area (Å²) in [7, 11) is 0. The van der Waals surface area contributed by atoms with E-state index < -0.39 is 0 Å². The summed E-state index contributed by atoms with van der Waals surface area (Å²) in [4.78, 5) is 9.44. The molecular formula is C5H9NOTi. The van der Waals surface area contributed by atoms with Crippen molar-refractivity contribution in [2.75, 3.05) is 0 Å². The van der Waals surface area contributed by atoms with Crippen molar-refractivity contribution < 1.29 is 26.5 Å². The molecule has 8 heavy (non-hydrogen) atoms. The van der Waals surface area contributed by atoms with Gasteiger partial charge >= 0.3 is 0 Å². The van der Waals surface area contributed by atoms with Crippen LogP contribution >= 0.6 is 0 Å². The zero-order chi connectivity index (χ0) is 6.28. The van der Waals surface area contributed by atoms with Gasteiger partial charge in [-0.05, 0) is 13.8 Å². The van der Waals surface area contributed by atoms with Gasteiger partial charge in [0.15, 0.2) is 0 Å². The van der Waals surface area contributed by atoms with E-state index in [0.717, 1.165) is 0 Å². The maximum Gasteiger partial charge on any atom is 0.126 e. The van der Waals surface area contributed by atoms with Crippen LogP contribution in [-0.2, 0) is 26.5 Å². The third kappa shape index (κ3) is 8830. The topological polar surface area (TPSA) is 40.9 Å². The molecule has 0 N–H and O–H groups in total. The van der Waals surface area contributed by atoms with E-state index in [1.54, 1.807) is 6.07 Å². The Morgan fingerprint density at radius 1 is 1.50 bits per heavy atom. The molecule has 0 amide bonds. The molecule has 0 aromatic heterocycles. The number of hydrogen-bond donors (Lipinski definition) is 0. The van der Waals surface area contributed by atoms with Gasteiger partial charge in [-0.15, -0.1) is 0 Å². The van der Waals surface area contributed by atoms with Crippen molar-refractivity contribution in [2.45, 2.75) is 20.8 Å². The Kier molecular flexibility index (Phi) is 30.9. The second-order valence-electron chi connectivity index (χ2n) is 1.13. The average molecular weight is 147 g/mol. The minimum absolute atomic E-state index is 0. The van der Waals surface area contributed by atoms with Crippen LogP contribution in [0, 0.1) is 11.3 Å². The van der Waals surface area contributed by atoms with Gasteiger partial charge in [0.05, 0.1) is 6.07 Å². The van der Waals surface area contributed by atoms with E-state index in [1.165, 1.54) is 20.8 Å². The second-order valence-corrected chi connectivity index (χ2v) is 1.13. The number of hydrogen-bond acceptors (Lipinski definition) is 2. The zero-order valence-corrected chi connectivity index (χ0v) is 6.92. The van der Waals surface area contributed by atoms with Crippen molar-refractivity contribution in [1.29, 1.82) is 5.26 Å². The summed E-state index contributed by atoms with van der Waals surface area (Å²) in [5.74, 6) is 0.167. The van der Waals surface area contributed by atoms with Gasteiger partial charge in [0.2, 0.25) is 0 Å². The van der Waals surface area contributed by atoms with Crippen LogP contribution in [0.15, 0.2) is 0 Å². The van der Waals surface area contributed by atoms with Crippen LogP contribution in [0.5, 0.6) is 0 Å². The number of carbonyl (C=O) groups is 1. The van der Waals surface area contributed by atoms with E-state index in [2.05, 4.69) is 0 Å². The molecule has 0 unspecified atom stereocenters. The van der Waals surface area contributed by atoms with E-state index in [4.69, 9.17) is 5.26 Å². The van der Waals surface area contributed by atoms with Crippen molar-refractivity contribution in [3.63, 3.8) is 0 Å². The first-order valence-electron chi connectivity index (χ1n) is 1.93. The van der Waals surface area contributed by atoms with E-state index in [-0.39, 0.29) is 27.5 Å². The SMILES string of the molecule is CC#N.CC(C)=O.[Ti]. The maximum absolute atomic E-state index is 9.44. The Bertz CT molecular complexity index is 80.9. The minimum atomic E-state index is 0. The Morgan fingerprint density at radius 3 is 1.50 bits per heavy atom. The first-order valence-corrected chi connectivity index (χ1v) is 1.93. The van der Waals surface area contributed by atoms with Gasteiger partial charge in [0, 0.05) is 28.6 Å².